The molecule has 1 amide bonds. The first-order chi connectivity index (χ1) is 7.37. The molecule has 0 spiro atoms. The van der Waals surface area contributed by atoms with E-state index in [1.807, 2.05) is 20.8 Å². The summed E-state index contributed by atoms with van der Waals surface area (Å²) in [6.07, 6.45) is 1.61. The average molecular weight is 286 g/mol. The van der Waals surface area contributed by atoms with Gasteiger partial charge in [-0.1, -0.05) is 0 Å². The fourth-order valence-electron chi connectivity index (χ4n) is 1.00. The molecular formula is C11H16BrN3O. The number of hydrogen-bond donors (Lipinski definition) is 2. The van der Waals surface area contributed by atoms with Crippen LogP contribution in [-0.2, 0) is 4.79 Å². The van der Waals surface area contributed by atoms with E-state index in [0.717, 1.165) is 4.60 Å². The van der Waals surface area contributed by atoms with Gasteiger partial charge in [0.2, 0.25) is 5.91 Å². The first-order valence-corrected chi connectivity index (χ1v) is 5.82. The Bertz CT molecular complexity index is 356. The van der Waals surface area contributed by atoms with E-state index in [0.29, 0.717) is 12.2 Å². The van der Waals surface area contributed by atoms with Gasteiger partial charge in [0.15, 0.2) is 0 Å². The van der Waals surface area contributed by atoms with Crippen LogP contribution in [0.25, 0.3) is 0 Å². The zero-order chi connectivity index (χ0) is 12.2. The molecule has 1 aromatic rings. The third kappa shape index (κ3) is 5.23. The first-order valence-electron chi connectivity index (χ1n) is 5.03. The molecule has 0 aromatic carbocycles. The number of carbonyl (C=O) groups excluding carboxylic acids is 1. The number of pyridine rings is 1. The van der Waals surface area contributed by atoms with Crippen molar-refractivity contribution in [3.05, 3.63) is 22.9 Å². The van der Waals surface area contributed by atoms with Gasteiger partial charge in [-0.05, 0) is 48.8 Å². The van der Waals surface area contributed by atoms with Crippen molar-refractivity contribution in [1.82, 2.24) is 10.3 Å². The molecule has 88 valence electrons. The van der Waals surface area contributed by atoms with E-state index in [2.05, 4.69) is 31.5 Å². The predicted octanol–water partition coefficient (Wildman–Crippen LogP) is 2.17. The van der Waals surface area contributed by atoms with Crippen LogP contribution in [0.4, 0.5) is 5.69 Å². The van der Waals surface area contributed by atoms with Crippen LogP contribution in [-0.4, -0.2) is 23.0 Å². The number of rotatable bonds is 3. The number of anilines is 1. The summed E-state index contributed by atoms with van der Waals surface area (Å²) in [6, 6.07) is 3.58. The van der Waals surface area contributed by atoms with Crippen LogP contribution in [0, 0.1) is 0 Å². The van der Waals surface area contributed by atoms with Gasteiger partial charge in [0.05, 0.1) is 18.4 Å². The van der Waals surface area contributed by atoms with Crippen LogP contribution < -0.4 is 10.6 Å². The second-order valence-corrected chi connectivity index (χ2v) is 5.33. The Labute approximate surface area is 104 Å². The summed E-state index contributed by atoms with van der Waals surface area (Å²) in [5.74, 6) is -0.0703. The van der Waals surface area contributed by atoms with Gasteiger partial charge in [-0.15, -0.1) is 0 Å². The number of aromatic nitrogens is 1. The summed E-state index contributed by atoms with van der Waals surface area (Å²) in [6.45, 7) is 6.34. The van der Waals surface area contributed by atoms with Crippen LogP contribution in [0.1, 0.15) is 20.8 Å². The Kier molecular flexibility index (Phi) is 4.44. The smallest absolute Gasteiger partial charge is 0.238 e. The van der Waals surface area contributed by atoms with Gasteiger partial charge in [0, 0.05) is 5.54 Å². The molecule has 0 aliphatic carbocycles. The second-order valence-electron chi connectivity index (χ2n) is 4.52. The highest BCUT2D eigenvalue weighted by Crippen LogP contribution is 2.10. The topological polar surface area (TPSA) is 54.0 Å². The summed E-state index contributed by atoms with van der Waals surface area (Å²) >= 11 is 3.23. The Hall–Kier alpha value is -0.940. The van der Waals surface area contributed by atoms with Crippen molar-refractivity contribution in [2.24, 2.45) is 0 Å². The Balaban J connectivity index is 2.43. The Morgan fingerprint density at radius 1 is 1.44 bits per heavy atom. The summed E-state index contributed by atoms with van der Waals surface area (Å²) in [5.41, 5.74) is 0.638. The number of nitrogens with zero attached hydrogens (tertiary/aromatic N) is 1. The lowest BCUT2D eigenvalue weighted by molar-refractivity contribution is -0.115. The molecule has 1 rings (SSSR count). The van der Waals surface area contributed by atoms with Crippen molar-refractivity contribution >= 4 is 27.5 Å². The van der Waals surface area contributed by atoms with Gasteiger partial charge in [0.25, 0.3) is 0 Å². The minimum Gasteiger partial charge on any atom is -0.324 e. The molecule has 0 saturated carbocycles. The van der Waals surface area contributed by atoms with E-state index in [-0.39, 0.29) is 11.4 Å². The number of hydrogen-bond acceptors (Lipinski definition) is 3. The Morgan fingerprint density at radius 3 is 2.62 bits per heavy atom. The average Bonchev–Trinajstić information content (AvgIpc) is 2.18. The van der Waals surface area contributed by atoms with Gasteiger partial charge in [-0.2, -0.15) is 0 Å². The molecule has 0 fully saturated rings. The third-order valence-corrected chi connectivity index (χ3v) is 2.26. The molecule has 0 radical (unpaired) electrons. The van der Waals surface area contributed by atoms with E-state index < -0.39 is 0 Å². The minimum atomic E-state index is -0.0703. The van der Waals surface area contributed by atoms with Crippen molar-refractivity contribution in [2.45, 2.75) is 26.3 Å². The first kappa shape index (κ1) is 13.1. The van der Waals surface area contributed by atoms with Crippen molar-refractivity contribution in [3.63, 3.8) is 0 Å². The molecule has 5 heteroatoms. The van der Waals surface area contributed by atoms with Crippen molar-refractivity contribution in [3.8, 4) is 0 Å². The van der Waals surface area contributed by atoms with E-state index in [1.54, 1.807) is 18.3 Å². The lowest BCUT2D eigenvalue weighted by atomic mass is 10.1. The highest BCUT2D eigenvalue weighted by Gasteiger charge is 2.11. The minimum absolute atomic E-state index is 0.0602. The Morgan fingerprint density at radius 2 is 2.12 bits per heavy atom. The summed E-state index contributed by atoms with van der Waals surface area (Å²) < 4.78 is 0.748. The SMILES string of the molecule is CC(C)(C)NCC(=O)Nc1ccc(Br)nc1. The van der Waals surface area contributed by atoms with Crippen molar-refractivity contribution in [2.75, 3.05) is 11.9 Å². The molecule has 0 unspecified atom stereocenters. The standard InChI is InChI=1S/C11H16BrN3O/c1-11(2,3)14-7-10(16)15-8-4-5-9(12)13-6-8/h4-6,14H,7H2,1-3H3,(H,15,16). The fourth-order valence-corrected chi connectivity index (χ4v) is 1.23. The third-order valence-electron chi connectivity index (χ3n) is 1.79. The quantitative estimate of drug-likeness (QED) is 0.837. The fraction of sp³-hybridized carbons (Fsp3) is 0.455. The van der Waals surface area contributed by atoms with Crippen LogP contribution in [0.3, 0.4) is 0 Å². The molecule has 2 N–H and O–H groups in total. The molecule has 0 atom stereocenters. The van der Waals surface area contributed by atoms with E-state index >= 15 is 0 Å². The van der Waals surface area contributed by atoms with Crippen molar-refractivity contribution < 1.29 is 4.79 Å². The van der Waals surface area contributed by atoms with Crippen LogP contribution in [0.2, 0.25) is 0 Å². The molecule has 4 nitrogen and oxygen atoms in total. The molecule has 16 heavy (non-hydrogen) atoms. The molecule has 1 aromatic heterocycles. The largest absolute Gasteiger partial charge is 0.324 e. The molecular weight excluding hydrogens is 270 g/mol. The maximum absolute atomic E-state index is 11.5. The number of amides is 1. The van der Waals surface area contributed by atoms with Crippen LogP contribution in [0.15, 0.2) is 22.9 Å². The van der Waals surface area contributed by atoms with E-state index in [1.165, 1.54) is 0 Å². The summed E-state index contributed by atoms with van der Waals surface area (Å²) in [7, 11) is 0. The maximum atomic E-state index is 11.5. The second kappa shape index (κ2) is 5.41. The predicted molar refractivity (Wildman–Crippen MR) is 68.3 cm³/mol. The lowest BCUT2D eigenvalue weighted by Gasteiger charge is -2.19. The zero-order valence-corrected chi connectivity index (χ0v) is 11.3. The van der Waals surface area contributed by atoms with Gasteiger partial charge >= 0.3 is 0 Å². The normalized spacial score (nSPS) is 11.2. The highest BCUT2D eigenvalue weighted by molar-refractivity contribution is 9.10. The van der Waals surface area contributed by atoms with E-state index in [9.17, 15) is 4.79 Å². The van der Waals surface area contributed by atoms with E-state index in [4.69, 9.17) is 0 Å². The van der Waals surface area contributed by atoms with Gasteiger partial charge in [0.1, 0.15) is 4.60 Å². The molecule has 1 heterocycles. The zero-order valence-electron chi connectivity index (χ0n) is 9.67. The number of halogens is 1. The number of carbonyl (C=O) groups is 1. The maximum Gasteiger partial charge on any atom is 0.238 e. The van der Waals surface area contributed by atoms with Crippen LogP contribution in [0.5, 0.6) is 0 Å². The van der Waals surface area contributed by atoms with Gasteiger partial charge in [-0.3, -0.25) is 4.79 Å². The molecule has 0 aliphatic heterocycles. The van der Waals surface area contributed by atoms with Gasteiger partial charge in [-0.25, -0.2) is 4.98 Å². The number of nitrogens with one attached hydrogen (secondary N) is 2. The summed E-state index contributed by atoms with van der Waals surface area (Å²) in [4.78, 5) is 15.6. The van der Waals surface area contributed by atoms with Crippen molar-refractivity contribution in [1.29, 1.82) is 0 Å². The summed E-state index contributed by atoms with van der Waals surface area (Å²) in [5, 5.41) is 5.87. The highest BCUT2D eigenvalue weighted by atomic mass is 79.9. The molecule has 0 aliphatic rings. The molecule has 0 saturated heterocycles. The lowest BCUT2D eigenvalue weighted by Crippen LogP contribution is -2.41. The monoisotopic (exact) mass is 285 g/mol. The van der Waals surface area contributed by atoms with Gasteiger partial charge < -0.3 is 10.6 Å². The van der Waals surface area contributed by atoms with Crippen LogP contribution >= 0.6 is 15.9 Å². The molecule has 0 bridgehead atoms.